The second-order valence-electron chi connectivity index (χ2n) is 6.56. The quantitative estimate of drug-likeness (QED) is 0.651. The fourth-order valence-electron chi connectivity index (χ4n) is 3.10. The molecule has 0 aliphatic heterocycles. The third-order valence-corrected chi connectivity index (χ3v) is 5.00. The number of primary sulfonamides is 1. The van der Waals surface area contributed by atoms with Gasteiger partial charge in [0.25, 0.3) is 0 Å². The van der Waals surface area contributed by atoms with Crippen LogP contribution < -0.4 is 10.5 Å². The first-order chi connectivity index (χ1) is 10.1. The summed E-state index contributed by atoms with van der Waals surface area (Å²) in [5.41, 5.74) is -0.102. The summed E-state index contributed by atoms with van der Waals surface area (Å²) in [7, 11) is -4.15. The summed E-state index contributed by atoms with van der Waals surface area (Å²) in [6, 6.07) is 4.22. The third-order valence-electron chi connectivity index (χ3n) is 4.05. The van der Waals surface area contributed by atoms with Gasteiger partial charge in [-0.05, 0) is 36.8 Å². The number of para-hydroxylation sites is 1. The van der Waals surface area contributed by atoms with Crippen LogP contribution in [0.1, 0.15) is 39.5 Å². The number of hydrogen-bond donors (Lipinski definition) is 2. The summed E-state index contributed by atoms with van der Waals surface area (Å²) in [5.74, 6) is 0. The van der Waals surface area contributed by atoms with Gasteiger partial charge in [-0.1, -0.05) is 26.3 Å². The lowest BCUT2D eigenvalue weighted by molar-refractivity contribution is -0.386. The molecule has 7 nitrogen and oxygen atoms in total. The van der Waals surface area contributed by atoms with E-state index >= 15 is 0 Å². The molecule has 2 rings (SSSR count). The predicted octanol–water partition coefficient (Wildman–Crippen LogP) is 2.62. The Morgan fingerprint density at radius 1 is 1.41 bits per heavy atom. The molecule has 22 heavy (non-hydrogen) atoms. The highest BCUT2D eigenvalue weighted by molar-refractivity contribution is 7.89. The molecule has 0 saturated heterocycles. The van der Waals surface area contributed by atoms with Gasteiger partial charge in [0.1, 0.15) is 5.69 Å². The Bertz CT molecular complexity index is 685. The van der Waals surface area contributed by atoms with E-state index in [0.29, 0.717) is 0 Å². The summed E-state index contributed by atoms with van der Waals surface area (Å²) < 4.78 is 23.1. The normalized spacial score (nSPS) is 21.3. The fraction of sp³-hybridized carbons (Fsp3) is 0.571. The maximum atomic E-state index is 11.6. The van der Waals surface area contributed by atoms with Crippen molar-refractivity contribution in [1.82, 2.24) is 0 Å². The van der Waals surface area contributed by atoms with Crippen molar-refractivity contribution in [3.8, 4) is 0 Å². The summed E-state index contributed by atoms with van der Waals surface area (Å²) in [6.07, 6.45) is 3.93. The molecule has 0 radical (unpaired) electrons. The second-order valence-corrected chi connectivity index (χ2v) is 8.09. The van der Waals surface area contributed by atoms with Crippen LogP contribution >= 0.6 is 0 Å². The van der Waals surface area contributed by atoms with E-state index < -0.39 is 25.5 Å². The Hall–Kier alpha value is -1.67. The van der Waals surface area contributed by atoms with Crippen molar-refractivity contribution in [2.24, 2.45) is 10.6 Å². The number of anilines is 1. The smallest absolute Gasteiger partial charge is 0.312 e. The molecule has 0 spiro atoms. The molecule has 1 aliphatic carbocycles. The van der Waals surface area contributed by atoms with E-state index in [1.54, 1.807) is 0 Å². The minimum atomic E-state index is -4.15. The van der Waals surface area contributed by atoms with Crippen LogP contribution in [0.4, 0.5) is 11.4 Å². The number of sulfonamides is 1. The van der Waals surface area contributed by atoms with Gasteiger partial charge < -0.3 is 5.32 Å². The first-order valence-corrected chi connectivity index (χ1v) is 8.71. The molecule has 0 heterocycles. The maximum absolute atomic E-state index is 11.6. The van der Waals surface area contributed by atoms with E-state index in [0.717, 1.165) is 31.7 Å². The first-order valence-electron chi connectivity index (χ1n) is 7.17. The fourth-order valence-corrected chi connectivity index (χ4v) is 3.82. The van der Waals surface area contributed by atoms with Crippen molar-refractivity contribution in [2.75, 3.05) is 5.32 Å². The van der Waals surface area contributed by atoms with Crippen molar-refractivity contribution in [2.45, 2.75) is 50.5 Å². The first kappa shape index (κ1) is 16.7. The van der Waals surface area contributed by atoms with Gasteiger partial charge in [0, 0.05) is 6.04 Å². The highest BCUT2D eigenvalue weighted by Crippen LogP contribution is 2.38. The Morgan fingerprint density at radius 3 is 2.64 bits per heavy atom. The van der Waals surface area contributed by atoms with E-state index in [4.69, 9.17) is 5.14 Å². The lowest BCUT2D eigenvalue weighted by Gasteiger charge is -2.36. The molecule has 0 aromatic heterocycles. The standard InChI is InChI=1S/C14H21N3O4S/c1-14(2)8-4-5-10(9-14)16-11-6-3-7-12(22(15,20)21)13(11)17(18)19/h3,6-7,10,16H,4-5,8-9H2,1-2H3,(H2,15,20,21). The molecule has 1 aliphatic rings. The van der Waals surface area contributed by atoms with Crippen molar-refractivity contribution in [3.05, 3.63) is 28.3 Å². The minimum Gasteiger partial charge on any atom is -0.377 e. The third kappa shape index (κ3) is 3.75. The molecular formula is C14H21N3O4S. The zero-order valence-corrected chi connectivity index (χ0v) is 13.5. The van der Waals surface area contributed by atoms with E-state index in [1.807, 2.05) is 0 Å². The van der Waals surface area contributed by atoms with Gasteiger partial charge in [-0.15, -0.1) is 0 Å². The average molecular weight is 327 g/mol. The van der Waals surface area contributed by atoms with Crippen LogP contribution in [-0.2, 0) is 10.0 Å². The zero-order valence-electron chi connectivity index (χ0n) is 12.7. The van der Waals surface area contributed by atoms with E-state index in [1.165, 1.54) is 12.1 Å². The molecule has 0 amide bonds. The predicted molar refractivity (Wildman–Crippen MR) is 84.1 cm³/mol. The second kappa shape index (κ2) is 5.85. The van der Waals surface area contributed by atoms with Gasteiger partial charge >= 0.3 is 5.69 Å². The van der Waals surface area contributed by atoms with Gasteiger partial charge in [0.15, 0.2) is 4.90 Å². The van der Waals surface area contributed by atoms with Crippen LogP contribution in [0.5, 0.6) is 0 Å². The van der Waals surface area contributed by atoms with Crippen LogP contribution in [0.2, 0.25) is 0 Å². The van der Waals surface area contributed by atoms with Crippen molar-refractivity contribution < 1.29 is 13.3 Å². The molecular weight excluding hydrogens is 306 g/mol. The number of hydrogen-bond acceptors (Lipinski definition) is 5. The summed E-state index contributed by atoms with van der Waals surface area (Å²) in [5, 5.41) is 19.5. The van der Waals surface area contributed by atoms with E-state index in [-0.39, 0.29) is 17.1 Å². The number of nitro benzene ring substituents is 1. The van der Waals surface area contributed by atoms with E-state index in [2.05, 4.69) is 19.2 Å². The van der Waals surface area contributed by atoms with Gasteiger partial charge in [-0.2, -0.15) is 0 Å². The van der Waals surface area contributed by atoms with E-state index in [9.17, 15) is 18.5 Å². The van der Waals surface area contributed by atoms with Crippen LogP contribution in [0.15, 0.2) is 23.1 Å². The molecule has 0 bridgehead atoms. The molecule has 1 aromatic carbocycles. The summed E-state index contributed by atoms with van der Waals surface area (Å²) in [6.45, 7) is 4.33. The molecule has 8 heteroatoms. The number of nitro groups is 1. The zero-order chi connectivity index (χ0) is 16.5. The lowest BCUT2D eigenvalue weighted by Crippen LogP contribution is -2.32. The number of rotatable bonds is 4. The van der Waals surface area contributed by atoms with Crippen molar-refractivity contribution in [3.63, 3.8) is 0 Å². The Labute approximate surface area is 130 Å². The number of benzene rings is 1. The highest BCUT2D eigenvalue weighted by Gasteiger charge is 2.31. The highest BCUT2D eigenvalue weighted by atomic mass is 32.2. The Morgan fingerprint density at radius 2 is 2.09 bits per heavy atom. The maximum Gasteiger partial charge on any atom is 0.312 e. The minimum absolute atomic E-state index is 0.0816. The van der Waals surface area contributed by atoms with Crippen LogP contribution in [-0.4, -0.2) is 19.4 Å². The lowest BCUT2D eigenvalue weighted by atomic mass is 9.75. The molecule has 1 atom stereocenters. The molecule has 1 saturated carbocycles. The molecule has 1 unspecified atom stereocenters. The molecule has 3 N–H and O–H groups in total. The van der Waals surface area contributed by atoms with Gasteiger partial charge in [-0.25, -0.2) is 13.6 Å². The number of nitrogens with two attached hydrogens (primary N) is 1. The van der Waals surface area contributed by atoms with Crippen molar-refractivity contribution >= 4 is 21.4 Å². The molecule has 122 valence electrons. The molecule has 1 aromatic rings. The van der Waals surface area contributed by atoms with Gasteiger partial charge in [0.2, 0.25) is 10.0 Å². The van der Waals surface area contributed by atoms with Crippen LogP contribution in [0.3, 0.4) is 0 Å². The topological polar surface area (TPSA) is 115 Å². The summed E-state index contributed by atoms with van der Waals surface area (Å²) >= 11 is 0. The number of nitrogens with one attached hydrogen (secondary N) is 1. The van der Waals surface area contributed by atoms with Crippen molar-refractivity contribution in [1.29, 1.82) is 0 Å². The van der Waals surface area contributed by atoms with Crippen LogP contribution in [0.25, 0.3) is 0 Å². The number of nitrogens with zero attached hydrogens (tertiary/aromatic N) is 1. The van der Waals surface area contributed by atoms with Gasteiger partial charge in [-0.3, -0.25) is 10.1 Å². The van der Waals surface area contributed by atoms with Gasteiger partial charge in [0.05, 0.1) is 4.92 Å². The monoisotopic (exact) mass is 327 g/mol. The van der Waals surface area contributed by atoms with Crippen LogP contribution in [0, 0.1) is 15.5 Å². The Kier molecular flexibility index (Phi) is 4.44. The molecule has 1 fully saturated rings. The summed E-state index contributed by atoms with van der Waals surface area (Å²) in [4.78, 5) is 10.1. The SMILES string of the molecule is CC1(C)CCCC(Nc2cccc(S(N)(=O)=O)c2[N+](=O)[O-])C1. The average Bonchev–Trinajstić information content (AvgIpc) is 2.35. The Balaban J connectivity index is 2.37. The largest absolute Gasteiger partial charge is 0.377 e.